The molecule has 1 nitrogen and oxygen atoms in total. The van der Waals surface area contributed by atoms with E-state index in [9.17, 15) is 4.79 Å². The molecule has 0 radical (unpaired) electrons. The molecule has 0 aromatic rings. The first-order valence-electron chi connectivity index (χ1n) is 1.84. The molecule has 0 saturated carbocycles. The van der Waals surface area contributed by atoms with Gasteiger partial charge in [0.15, 0.2) is 0 Å². The van der Waals surface area contributed by atoms with Crippen LogP contribution in [0.1, 0.15) is 13.3 Å². The molecule has 3 heteroatoms. The molecule has 0 unspecified atom stereocenters. The third kappa shape index (κ3) is 6.11. The molecule has 0 N–H and O–H groups in total. The standard InChI is InChI=1S/C4H6OS2/c1-3(5)2-4(6)7/h2H2,1H3,(H,6,7). The summed E-state index contributed by atoms with van der Waals surface area (Å²) < 4.78 is 0.465. The lowest BCUT2D eigenvalue weighted by Gasteiger charge is -1.84. The highest BCUT2D eigenvalue weighted by atomic mass is 32.1. The second kappa shape index (κ2) is 3.16. The van der Waals surface area contributed by atoms with Crippen LogP contribution in [-0.4, -0.2) is 9.98 Å². The lowest BCUT2D eigenvalue weighted by molar-refractivity contribution is -0.115. The molecule has 40 valence electrons. The summed E-state index contributed by atoms with van der Waals surface area (Å²) in [5.41, 5.74) is 0. The normalized spacial score (nSPS) is 8.29. The van der Waals surface area contributed by atoms with Gasteiger partial charge < -0.3 is 0 Å². The summed E-state index contributed by atoms with van der Waals surface area (Å²) in [6, 6.07) is 0. The number of carbonyl (C=O) groups is 1. The summed E-state index contributed by atoms with van der Waals surface area (Å²) in [5, 5.41) is 0. The van der Waals surface area contributed by atoms with Crippen molar-refractivity contribution in [2.24, 2.45) is 0 Å². The topological polar surface area (TPSA) is 17.1 Å². The van der Waals surface area contributed by atoms with Gasteiger partial charge in [-0.15, -0.1) is 12.6 Å². The van der Waals surface area contributed by atoms with Crippen LogP contribution in [0.15, 0.2) is 0 Å². The molecule has 0 amide bonds. The van der Waals surface area contributed by atoms with Crippen LogP contribution in [0.3, 0.4) is 0 Å². The van der Waals surface area contributed by atoms with Gasteiger partial charge in [0.05, 0.1) is 4.20 Å². The van der Waals surface area contributed by atoms with Gasteiger partial charge in [0.1, 0.15) is 5.78 Å². The molecule has 0 bridgehead atoms. The Morgan fingerprint density at radius 1 is 1.86 bits per heavy atom. The van der Waals surface area contributed by atoms with Gasteiger partial charge in [-0.25, -0.2) is 0 Å². The molecule has 0 aromatic heterocycles. The smallest absolute Gasteiger partial charge is 0.135 e. The average molecular weight is 134 g/mol. The van der Waals surface area contributed by atoms with Crippen molar-refractivity contribution in [3.05, 3.63) is 0 Å². The fourth-order valence-electron chi connectivity index (χ4n) is 0.213. The predicted molar refractivity (Wildman–Crippen MR) is 36.9 cm³/mol. The number of thiocarbonyl (C=S) groups is 1. The first-order valence-corrected chi connectivity index (χ1v) is 2.69. The molecule has 0 fully saturated rings. The Morgan fingerprint density at radius 2 is 2.29 bits per heavy atom. The highest BCUT2D eigenvalue weighted by molar-refractivity contribution is 8.11. The van der Waals surface area contributed by atoms with E-state index in [0.29, 0.717) is 10.6 Å². The lowest BCUT2D eigenvalue weighted by Crippen LogP contribution is -1.93. The number of thiol groups is 1. The summed E-state index contributed by atoms with van der Waals surface area (Å²) in [6.07, 6.45) is 0.318. The predicted octanol–water partition coefficient (Wildman–Crippen LogP) is 1.22. The summed E-state index contributed by atoms with van der Waals surface area (Å²) in [7, 11) is 0. The minimum absolute atomic E-state index is 0.0694. The van der Waals surface area contributed by atoms with Crippen molar-refractivity contribution in [1.82, 2.24) is 0 Å². The molecule has 0 heterocycles. The zero-order valence-corrected chi connectivity index (χ0v) is 5.68. The van der Waals surface area contributed by atoms with E-state index in [-0.39, 0.29) is 5.78 Å². The number of carbonyl (C=O) groups excluding carboxylic acids is 1. The molecule has 0 aliphatic rings. The zero-order chi connectivity index (χ0) is 5.86. The maximum absolute atomic E-state index is 10.1. The van der Waals surface area contributed by atoms with E-state index >= 15 is 0 Å². The Kier molecular flexibility index (Phi) is 3.21. The van der Waals surface area contributed by atoms with E-state index in [1.807, 2.05) is 0 Å². The third-order valence-electron chi connectivity index (χ3n) is 0.400. The Labute approximate surface area is 53.5 Å². The number of hydrogen-bond donors (Lipinski definition) is 1. The van der Waals surface area contributed by atoms with Crippen molar-refractivity contribution in [1.29, 1.82) is 0 Å². The summed E-state index contributed by atoms with van der Waals surface area (Å²) in [5.74, 6) is 0.0694. The number of hydrogen-bond acceptors (Lipinski definition) is 2. The van der Waals surface area contributed by atoms with E-state index < -0.39 is 0 Å². The van der Waals surface area contributed by atoms with Crippen LogP contribution in [-0.2, 0) is 4.79 Å². The molecule has 7 heavy (non-hydrogen) atoms. The largest absolute Gasteiger partial charge is 0.300 e. The van der Waals surface area contributed by atoms with Gasteiger partial charge in [0.25, 0.3) is 0 Å². The van der Waals surface area contributed by atoms with Crippen LogP contribution < -0.4 is 0 Å². The lowest BCUT2D eigenvalue weighted by atomic mass is 10.4. The van der Waals surface area contributed by atoms with Crippen molar-refractivity contribution in [3.8, 4) is 0 Å². The minimum Gasteiger partial charge on any atom is -0.300 e. The molecule has 0 aliphatic heterocycles. The fourth-order valence-corrected chi connectivity index (χ4v) is 0.639. The quantitative estimate of drug-likeness (QED) is 0.452. The molecular formula is C4H6OS2. The Morgan fingerprint density at radius 3 is 2.29 bits per heavy atom. The molecule has 0 atom stereocenters. The highest BCUT2D eigenvalue weighted by Gasteiger charge is 1.91. The van der Waals surface area contributed by atoms with Crippen molar-refractivity contribution >= 4 is 34.8 Å². The van der Waals surface area contributed by atoms with E-state index in [0.717, 1.165) is 0 Å². The molecule has 0 aromatic carbocycles. The average Bonchev–Trinajstić information content (AvgIpc) is 1.27. The number of rotatable bonds is 2. The van der Waals surface area contributed by atoms with Crippen LogP contribution in [0, 0.1) is 0 Å². The van der Waals surface area contributed by atoms with Crippen LogP contribution in [0.5, 0.6) is 0 Å². The fraction of sp³-hybridized carbons (Fsp3) is 0.500. The second-order valence-electron chi connectivity index (χ2n) is 1.27. The maximum Gasteiger partial charge on any atom is 0.135 e. The second-order valence-corrected chi connectivity index (χ2v) is 2.61. The molecule has 0 aliphatic carbocycles. The van der Waals surface area contributed by atoms with Crippen LogP contribution >= 0.6 is 24.8 Å². The summed E-state index contributed by atoms with van der Waals surface area (Å²) in [4.78, 5) is 10.1. The Balaban J connectivity index is 3.32. The van der Waals surface area contributed by atoms with Crippen LogP contribution in [0.4, 0.5) is 0 Å². The van der Waals surface area contributed by atoms with Gasteiger partial charge in [0.2, 0.25) is 0 Å². The van der Waals surface area contributed by atoms with E-state index in [1.165, 1.54) is 6.92 Å². The highest BCUT2D eigenvalue weighted by Crippen LogP contribution is 1.90. The third-order valence-corrected chi connectivity index (χ3v) is 0.703. The maximum atomic E-state index is 10.1. The van der Waals surface area contributed by atoms with Crippen molar-refractivity contribution < 1.29 is 4.79 Å². The van der Waals surface area contributed by atoms with Crippen molar-refractivity contribution in [2.75, 3.05) is 0 Å². The van der Waals surface area contributed by atoms with E-state index in [2.05, 4.69) is 24.8 Å². The SMILES string of the molecule is CC(=O)CC(=S)S. The van der Waals surface area contributed by atoms with E-state index in [1.54, 1.807) is 0 Å². The Hall–Kier alpha value is 0.110. The van der Waals surface area contributed by atoms with Crippen LogP contribution in [0.25, 0.3) is 0 Å². The van der Waals surface area contributed by atoms with E-state index in [4.69, 9.17) is 0 Å². The molecule has 0 spiro atoms. The molecular weight excluding hydrogens is 128 g/mol. The van der Waals surface area contributed by atoms with Gasteiger partial charge in [-0.1, -0.05) is 12.2 Å². The van der Waals surface area contributed by atoms with Crippen LogP contribution in [0.2, 0.25) is 0 Å². The molecule has 0 saturated heterocycles. The van der Waals surface area contributed by atoms with Gasteiger partial charge >= 0.3 is 0 Å². The van der Waals surface area contributed by atoms with Crippen molar-refractivity contribution in [3.63, 3.8) is 0 Å². The van der Waals surface area contributed by atoms with Crippen molar-refractivity contribution in [2.45, 2.75) is 13.3 Å². The van der Waals surface area contributed by atoms with Gasteiger partial charge in [-0.3, -0.25) is 4.79 Å². The minimum atomic E-state index is 0.0694. The first-order chi connectivity index (χ1) is 3.13. The number of ketones is 1. The summed E-state index contributed by atoms with van der Waals surface area (Å²) in [6.45, 7) is 1.49. The monoisotopic (exact) mass is 134 g/mol. The summed E-state index contributed by atoms with van der Waals surface area (Å²) >= 11 is 8.26. The first kappa shape index (κ1) is 7.11. The number of Topliss-reactive ketones (excluding diaryl/α,β-unsaturated/α-hetero) is 1. The van der Waals surface area contributed by atoms with Gasteiger partial charge in [-0.2, -0.15) is 0 Å². The molecule has 0 rings (SSSR count). The zero-order valence-electron chi connectivity index (χ0n) is 3.97. The van der Waals surface area contributed by atoms with Gasteiger partial charge in [-0.05, 0) is 6.92 Å². The van der Waals surface area contributed by atoms with Gasteiger partial charge in [0, 0.05) is 6.42 Å². The Bertz CT molecular complexity index is 85.9.